The number of hydrogen-bond donors (Lipinski definition) is 0. The van der Waals surface area contributed by atoms with Gasteiger partial charge in [0, 0.05) is 89.3 Å². The smallest absolute Gasteiger partial charge is 0.244 e. The Bertz CT molecular complexity index is 2670. The van der Waals surface area contributed by atoms with Crippen molar-refractivity contribution in [2.75, 3.05) is 76.4 Å². The summed E-state index contributed by atoms with van der Waals surface area (Å²) in [6.07, 6.45) is 0. The Morgan fingerprint density at radius 2 is 1.00 bits per heavy atom. The molecule has 0 atom stereocenters. The van der Waals surface area contributed by atoms with Crippen molar-refractivity contribution in [2.45, 2.75) is 9.79 Å². The minimum absolute atomic E-state index is 0.296. The van der Waals surface area contributed by atoms with Gasteiger partial charge in [0.15, 0.2) is 10.3 Å². The molecule has 60 heavy (non-hydrogen) atoms. The Labute approximate surface area is 384 Å². The summed E-state index contributed by atoms with van der Waals surface area (Å²) in [4.78, 5) is 14.3. The number of rotatable bonds is 10. The molecule has 6 aromatic rings. The molecule has 316 valence electrons. The average molecular weight is 1060 g/mol. The van der Waals surface area contributed by atoms with Crippen LogP contribution in [0, 0.1) is 0 Å². The average Bonchev–Trinajstić information content (AvgIpc) is 3.97. The van der Waals surface area contributed by atoms with E-state index in [2.05, 4.69) is 41.7 Å². The lowest BCUT2D eigenvalue weighted by molar-refractivity contribution is 0.384. The third-order valence-corrected chi connectivity index (χ3v) is 18.1. The number of ether oxygens (including phenoxy) is 2. The highest BCUT2D eigenvalue weighted by Crippen LogP contribution is 2.35. The molecule has 0 bridgehead atoms. The number of sulfonamides is 2. The van der Waals surface area contributed by atoms with Crippen LogP contribution in [0.2, 0.25) is 10.0 Å². The molecule has 20 heteroatoms. The highest BCUT2D eigenvalue weighted by atomic mass is 79.9. The van der Waals surface area contributed by atoms with Crippen LogP contribution in [-0.4, -0.2) is 102 Å². The van der Waals surface area contributed by atoms with E-state index < -0.39 is 20.0 Å². The summed E-state index contributed by atoms with van der Waals surface area (Å²) in [6, 6.07) is 24.9. The standard InChI is InChI=1S/C21H22BrN3O4S2.C19H16BrCl2N3O2S2/c1-28-16-11-15(12-17(13-16)29-2)19-14-30-21(23-19)24-7-9-25(10-8-24)31(26,27)20-6-4-3-5-18(20)22;20-14-3-1-2-4-18(14)29(26,27)25-9-7-24(8-10-25)19-23-17(12-28-19)13-5-6-15(21)16(22)11-13/h3-6,11-14H,7-10H2,1-2H3;1-6,11-12H,7-10H2. The zero-order valence-electron chi connectivity index (χ0n) is 32.2. The molecule has 4 aromatic carbocycles. The molecular weight excluding hydrogens is 1020 g/mol. The first-order valence-electron chi connectivity index (χ1n) is 18.4. The second-order valence-electron chi connectivity index (χ2n) is 13.4. The van der Waals surface area contributed by atoms with Crippen molar-refractivity contribution in [2.24, 2.45) is 0 Å². The number of hydrogen-bond acceptors (Lipinski definition) is 12. The molecule has 0 unspecified atom stereocenters. The van der Waals surface area contributed by atoms with Gasteiger partial charge in [-0.05, 0) is 80.4 Å². The first-order chi connectivity index (χ1) is 28.8. The molecule has 2 aliphatic rings. The van der Waals surface area contributed by atoms with Crippen LogP contribution in [0.15, 0.2) is 114 Å². The van der Waals surface area contributed by atoms with E-state index in [1.54, 1.807) is 86.2 Å². The zero-order valence-corrected chi connectivity index (χ0v) is 40.1. The molecule has 0 amide bonds. The topological polar surface area (TPSA) is 125 Å². The van der Waals surface area contributed by atoms with Crippen LogP contribution in [0.5, 0.6) is 11.5 Å². The zero-order chi connectivity index (χ0) is 42.6. The van der Waals surface area contributed by atoms with E-state index in [-0.39, 0.29) is 0 Å². The minimum atomic E-state index is -3.54. The normalized spacial score (nSPS) is 15.4. The maximum absolute atomic E-state index is 13.0. The Kier molecular flexibility index (Phi) is 14.5. The number of benzene rings is 4. The van der Waals surface area contributed by atoms with Crippen molar-refractivity contribution in [3.63, 3.8) is 0 Å². The van der Waals surface area contributed by atoms with Crippen LogP contribution in [0.3, 0.4) is 0 Å². The summed E-state index contributed by atoms with van der Waals surface area (Å²) in [7, 11) is -3.83. The second kappa shape index (κ2) is 19.4. The second-order valence-corrected chi connectivity index (χ2v) is 21.4. The summed E-state index contributed by atoms with van der Waals surface area (Å²) in [5.74, 6) is 1.41. The molecule has 2 saturated heterocycles. The SMILES string of the molecule is COc1cc(OC)cc(-c2csc(N3CCN(S(=O)(=O)c4ccccc4Br)CC3)n2)c1.O=S(=O)(c1ccccc1Br)N1CCN(c2nc(-c3ccc(Cl)c(Cl)c3)cs2)CC1. The fraction of sp³-hybridized carbons (Fsp3) is 0.250. The van der Waals surface area contributed by atoms with Crippen LogP contribution >= 0.6 is 77.7 Å². The van der Waals surface area contributed by atoms with Crippen molar-refractivity contribution >= 4 is 108 Å². The van der Waals surface area contributed by atoms with Crippen LogP contribution in [0.4, 0.5) is 10.3 Å². The summed E-state index contributed by atoms with van der Waals surface area (Å²) < 4.78 is 66.8. The summed E-state index contributed by atoms with van der Waals surface area (Å²) >= 11 is 21.9. The van der Waals surface area contributed by atoms with Gasteiger partial charge in [0.25, 0.3) is 0 Å². The van der Waals surface area contributed by atoms with E-state index in [0.717, 1.165) is 32.8 Å². The number of thiazole rings is 2. The van der Waals surface area contributed by atoms with Crippen molar-refractivity contribution in [3.05, 3.63) is 115 Å². The van der Waals surface area contributed by atoms with Crippen LogP contribution in [0.1, 0.15) is 0 Å². The Hall–Kier alpha value is -3.30. The van der Waals surface area contributed by atoms with Crippen LogP contribution < -0.4 is 19.3 Å². The monoisotopic (exact) mass is 1050 g/mol. The molecule has 2 aromatic heterocycles. The van der Waals surface area contributed by atoms with Gasteiger partial charge in [-0.15, -0.1) is 22.7 Å². The molecule has 0 saturated carbocycles. The largest absolute Gasteiger partial charge is 0.497 e. The van der Waals surface area contributed by atoms with Gasteiger partial charge in [0.1, 0.15) is 11.5 Å². The number of aromatic nitrogens is 2. The third-order valence-electron chi connectivity index (χ3n) is 9.77. The number of halogens is 4. The molecular formula is C40H38Br2Cl2N6O6S4. The maximum Gasteiger partial charge on any atom is 0.244 e. The van der Waals surface area contributed by atoms with E-state index in [9.17, 15) is 16.8 Å². The van der Waals surface area contributed by atoms with Gasteiger partial charge < -0.3 is 19.3 Å². The van der Waals surface area contributed by atoms with E-state index in [4.69, 9.17) is 42.6 Å². The molecule has 12 nitrogen and oxygen atoms in total. The van der Waals surface area contributed by atoms with Gasteiger partial charge in [0.05, 0.1) is 45.4 Å². The quantitative estimate of drug-likeness (QED) is 0.131. The summed E-state index contributed by atoms with van der Waals surface area (Å²) in [6.45, 7) is 3.96. The van der Waals surface area contributed by atoms with Gasteiger partial charge in [-0.3, -0.25) is 0 Å². The van der Waals surface area contributed by atoms with E-state index in [1.165, 1.54) is 19.9 Å². The van der Waals surface area contributed by atoms with Crippen molar-refractivity contribution in [1.29, 1.82) is 0 Å². The van der Waals surface area contributed by atoms with Gasteiger partial charge in [0.2, 0.25) is 20.0 Å². The van der Waals surface area contributed by atoms with Gasteiger partial charge in [-0.25, -0.2) is 26.8 Å². The van der Waals surface area contributed by atoms with Crippen molar-refractivity contribution in [3.8, 4) is 34.0 Å². The highest BCUT2D eigenvalue weighted by molar-refractivity contribution is 9.10. The lowest BCUT2D eigenvalue weighted by Crippen LogP contribution is -2.48. The number of methoxy groups -OCH3 is 2. The number of anilines is 2. The van der Waals surface area contributed by atoms with Crippen LogP contribution in [-0.2, 0) is 20.0 Å². The number of piperazine rings is 2. The van der Waals surface area contributed by atoms with Crippen molar-refractivity contribution < 1.29 is 26.3 Å². The van der Waals surface area contributed by atoms with Gasteiger partial charge in [-0.2, -0.15) is 8.61 Å². The van der Waals surface area contributed by atoms with E-state index in [1.807, 2.05) is 35.0 Å². The third kappa shape index (κ3) is 9.98. The molecule has 4 heterocycles. The predicted octanol–water partition coefficient (Wildman–Crippen LogP) is 9.49. The maximum atomic E-state index is 13.0. The molecule has 2 aliphatic heterocycles. The fourth-order valence-electron chi connectivity index (χ4n) is 6.52. The Morgan fingerprint density at radius 1 is 0.567 bits per heavy atom. The van der Waals surface area contributed by atoms with E-state index in [0.29, 0.717) is 92.6 Å². The molecule has 0 spiro atoms. The first-order valence-corrected chi connectivity index (χ1v) is 25.4. The minimum Gasteiger partial charge on any atom is -0.497 e. The molecule has 8 rings (SSSR count). The van der Waals surface area contributed by atoms with Gasteiger partial charge >= 0.3 is 0 Å². The Morgan fingerprint density at radius 3 is 1.42 bits per heavy atom. The highest BCUT2D eigenvalue weighted by Gasteiger charge is 2.32. The lowest BCUT2D eigenvalue weighted by Gasteiger charge is -2.33. The molecule has 0 aliphatic carbocycles. The van der Waals surface area contributed by atoms with E-state index >= 15 is 0 Å². The first kappa shape index (κ1) is 44.7. The summed E-state index contributed by atoms with van der Waals surface area (Å²) in [5.41, 5.74) is 3.47. The van der Waals surface area contributed by atoms with Crippen LogP contribution in [0.25, 0.3) is 22.5 Å². The van der Waals surface area contributed by atoms with Gasteiger partial charge in [-0.1, -0.05) is 53.5 Å². The fourth-order valence-corrected chi connectivity index (χ4v) is 13.4. The molecule has 0 radical (unpaired) electrons. The number of nitrogens with zero attached hydrogens (tertiary/aromatic N) is 6. The van der Waals surface area contributed by atoms with Crippen molar-refractivity contribution in [1.82, 2.24) is 18.6 Å². The predicted molar refractivity (Wildman–Crippen MR) is 248 cm³/mol. The molecule has 2 fully saturated rings. The Balaban J connectivity index is 0.000000182. The molecule has 0 N–H and O–H groups in total. The summed E-state index contributed by atoms with van der Waals surface area (Å²) in [5, 5.41) is 6.70. The lowest BCUT2D eigenvalue weighted by atomic mass is 10.1.